The first-order chi connectivity index (χ1) is 14.6. The molecule has 0 radical (unpaired) electrons. The maximum atomic E-state index is 13.9. The van der Waals surface area contributed by atoms with E-state index < -0.39 is 0 Å². The Morgan fingerprint density at radius 2 is 1.70 bits per heavy atom. The van der Waals surface area contributed by atoms with Gasteiger partial charge in [-0.25, -0.2) is 4.39 Å². The van der Waals surface area contributed by atoms with Crippen LogP contribution in [0.3, 0.4) is 0 Å². The summed E-state index contributed by atoms with van der Waals surface area (Å²) in [6.45, 7) is 0. The van der Waals surface area contributed by atoms with E-state index in [1.807, 2.05) is 0 Å². The van der Waals surface area contributed by atoms with Gasteiger partial charge in [0.15, 0.2) is 5.69 Å². The molecule has 1 saturated carbocycles. The molecule has 0 aliphatic heterocycles. The van der Waals surface area contributed by atoms with Crippen LogP contribution in [0.15, 0.2) is 65.4 Å². The van der Waals surface area contributed by atoms with Gasteiger partial charge in [-0.3, -0.25) is 9.59 Å². The number of aromatic nitrogens is 1. The van der Waals surface area contributed by atoms with Crippen molar-refractivity contribution in [3.63, 3.8) is 0 Å². The highest BCUT2D eigenvalue weighted by atomic mass is 19.1. The molecule has 6 nitrogen and oxygen atoms in total. The minimum Gasteiger partial charge on any atom is -0.364 e. The van der Waals surface area contributed by atoms with E-state index in [-0.39, 0.29) is 35.3 Å². The van der Waals surface area contributed by atoms with Crippen LogP contribution in [-0.4, -0.2) is 23.0 Å². The molecule has 4 rings (SSSR count). The molecule has 0 atom stereocenters. The van der Waals surface area contributed by atoms with Gasteiger partial charge in [-0.2, -0.15) is 0 Å². The Labute approximate surface area is 173 Å². The van der Waals surface area contributed by atoms with E-state index in [9.17, 15) is 14.0 Å². The van der Waals surface area contributed by atoms with Crippen LogP contribution in [0.1, 0.15) is 36.2 Å². The largest absolute Gasteiger partial charge is 0.364 e. The Hall–Kier alpha value is -3.48. The van der Waals surface area contributed by atoms with Gasteiger partial charge < -0.3 is 15.2 Å². The predicted molar refractivity (Wildman–Crippen MR) is 110 cm³/mol. The molecule has 30 heavy (non-hydrogen) atoms. The number of benzene rings is 2. The second kappa shape index (κ2) is 8.90. The Bertz CT molecular complexity index is 1010. The summed E-state index contributed by atoms with van der Waals surface area (Å²) >= 11 is 0. The highest BCUT2D eigenvalue weighted by Gasteiger charge is 2.27. The Balaban J connectivity index is 1.29. The number of nitrogens with one attached hydrogen (secondary N) is 2. The number of amides is 2. The molecule has 2 aromatic carbocycles. The summed E-state index contributed by atoms with van der Waals surface area (Å²) in [6.07, 6.45) is 4.21. The summed E-state index contributed by atoms with van der Waals surface area (Å²) in [5, 5.41) is 9.50. The quantitative estimate of drug-likeness (QED) is 0.656. The Morgan fingerprint density at radius 3 is 2.37 bits per heavy atom. The molecule has 7 heteroatoms. The van der Waals surface area contributed by atoms with Crippen LogP contribution in [0.2, 0.25) is 0 Å². The van der Waals surface area contributed by atoms with Crippen LogP contribution in [-0.2, 0) is 4.79 Å². The normalized spacial score (nSPS) is 18.6. The third-order valence-electron chi connectivity index (χ3n) is 5.44. The van der Waals surface area contributed by atoms with E-state index in [1.54, 1.807) is 42.5 Å². The molecule has 0 bridgehead atoms. The smallest absolute Gasteiger partial charge is 0.273 e. The second-order valence-corrected chi connectivity index (χ2v) is 7.45. The van der Waals surface area contributed by atoms with Crippen LogP contribution < -0.4 is 10.6 Å². The van der Waals surface area contributed by atoms with E-state index in [0.717, 1.165) is 18.4 Å². The van der Waals surface area contributed by atoms with Crippen molar-refractivity contribution in [1.29, 1.82) is 0 Å². The van der Waals surface area contributed by atoms with Crippen molar-refractivity contribution in [2.45, 2.75) is 31.7 Å². The number of rotatable bonds is 5. The maximum absolute atomic E-state index is 13.9. The second-order valence-electron chi connectivity index (χ2n) is 7.45. The summed E-state index contributed by atoms with van der Waals surface area (Å²) in [4.78, 5) is 24.7. The molecule has 2 amide bonds. The molecule has 154 valence electrons. The molecule has 3 aromatic rings. The fraction of sp³-hybridized carbons (Fsp3) is 0.261. The van der Waals surface area contributed by atoms with Gasteiger partial charge in [0, 0.05) is 29.3 Å². The summed E-state index contributed by atoms with van der Waals surface area (Å²) < 4.78 is 18.6. The Morgan fingerprint density at radius 1 is 0.967 bits per heavy atom. The van der Waals surface area contributed by atoms with Crippen molar-refractivity contribution >= 4 is 17.5 Å². The van der Waals surface area contributed by atoms with Crippen molar-refractivity contribution in [2.75, 3.05) is 5.32 Å². The molecule has 1 heterocycles. The lowest BCUT2D eigenvalue weighted by Crippen LogP contribution is -2.39. The molecule has 1 aromatic heterocycles. The number of nitrogens with zero attached hydrogens (tertiary/aromatic N) is 1. The van der Waals surface area contributed by atoms with E-state index in [1.165, 1.54) is 18.4 Å². The standard InChI is InChI=1S/C23H22FN3O3/c24-20-4-2-1-3-19(20)15-5-9-17(10-6-15)25-22(28)16-7-11-18(12-8-16)26-23(29)21-13-14-30-27-21/h1-6,9-10,13-14,16,18H,7-8,11-12H2,(H,25,28)(H,26,29)/t16-,18+. The van der Waals surface area contributed by atoms with Gasteiger partial charge in [-0.1, -0.05) is 35.5 Å². The van der Waals surface area contributed by atoms with E-state index in [2.05, 4.69) is 20.3 Å². The van der Waals surface area contributed by atoms with Gasteiger partial charge in [0.05, 0.1) is 0 Å². The first-order valence-corrected chi connectivity index (χ1v) is 9.97. The zero-order valence-electron chi connectivity index (χ0n) is 16.3. The zero-order chi connectivity index (χ0) is 20.9. The van der Waals surface area contributed by atoms with Crippen molar-refractivity contribution in [3.8, 4) is 11.1 Å². The number of carbonyl (C=O) groups is 2. The monoisotopic (exact) mass is 407 g/mol. The zero-order valence-corrected chi connectivity index (χ0v) is 16.3. The molecule has 1 fully saturated rings. The first kappa shape index (κ1) is 19.8. The molecule has 0 spiro atoms. The van der Waals surface area contributed by atoms with E-state index in [4.69, 9.17) is 0 Å². The Kier molecular flexibility index (Phi) is 5.88. The molecule has 0 unspecified atom stereocenters. The number of halogens is 1. The number of anilines is 1. The minimum absolute atomic E-state index is 0.0262. The van der Waals surface area contributed by atoms with Crippen LogP contribution in [0.5, 0.6) is 0 Å². The molecule has 2 N–H and O–H groups in total. The number of carbonyl (C=O) groups excluding carboxylic acids is 2. The summed E-state index contributed by atoms with van der Waals surface area (Å²) in [5.41, 5.74) is 2.23. The minimum atomic E-state index is -0.276. The van der Waals surface area contributed by atoms with Crippen LogP contribution in [0, 0.1) is 11.7 Å². The van der Waals surface area contributed by atoms with Gasteiger partial charge in [-0.05, 0) is 49.4 Å². The van der Waals surface area contributed by atoms with Crippen LogP contribution >= 0.6 is 0 Å². The number of hydrogen-bond acceptors (Lipinski definition) is 4. The number of hydrogen-bond donors (Lipinski definition) is 2. The lowest BCUT2D eigenvalue weighted by molar-refractivity contribution is -0.120. The van der Waals surface area contributed by atoms with E-state index in [0.29, 0.717) is 24.1 Å². The molecule has 1 aliphatic carbocycles. The van der Waals surface area contributed by atoms with Crippen molar-refractivity contribution in [3.05, 3.63) is 72.4 Å². The third kappa shape index (κ3) is 4.56. The van der Waals surface area contributed by atoms with Gasteiger partial charge in [0.1, 0.15) is 12.1 Å². The van der Waals surface area contributed by atoms with E-state index >= 15 is 0 Å². The molecular weight excluding hydrogens is 385 g/mol. The third-order valence-corrected chi connectivity index (χ3v) is 5.44. The summed E-state index contributed by atoms with van der Waals surface area (Å²) in [5.74, 6) is -0.667. The SMILES string of the molecule is O=C(N[C@H]1CC[C@@H](C(=O)Nc2ccc(-c3ccccc3F)cc2)CC1)c1ccon1. The highest BCUT2D eigenvalue weighted by molar-refractivity contribution is 5.93. The van der Waals surface area contributed by atoms with Crippen LogP contribution in [0.25, 0.3) is 11.1 Å². The lowest BCUT2D eigenvalue weighted by atomic mass is 9.85. The lowest BCUT2D eigenvalue weighted by Gasteiger charge is -2.28. The van der Waals surface area contributed by atoms with Crippen molar-refractivity contribution < 1.29 is 18.5 Å². The predicted octanol–water partition coefficient (Wildman–Crippen LogP) is 4.41. The topological polar surface area (TPSA) is 84.2 Å². The highest BCUT2D eigenvalue weighted by Crippen LogP contribution is 2.27. The van der Waals surface area contributed by atoms with Gasteiger partial charge in [0.25, 0.3) is 5.91 Å². The average molecular weight is 407 g/mol. The van der Waals surface area contributed by atoms with Crippen molar-refractivity contribution in [1.82, 2.24) is 10.5 Å². The van der Waals surface area contributed by atoms with Crippen molar-refractivity contribution in [2.24, 2.45) is 5.92 Å². The summed E-state index contributed by atoms with van der Waals surface area (Å²) in [6, 6.07) is 15.3. The summed E-state index contributed by atoms with van der Waals surface area (Å²) in [7, 11) is 0. The fourth-order valence-electron chi connectivity index (χ4n) is 3.76. The first-order valence-electron chi connectivity index (χ1n) is 9.97. The average Bonchev–Trinajstić information content (AvgIpc) is 3.30. The molecule has 0 saturated heterocycles. The maximum Gasteiger partial charge on any atom is 0.273 e. The van der Waals surface area contributed by atoms with Gasteiger partial charge >= 0.3 is 0 Å². The molecule has 1 aliphatic rings. The van der Waals surface area contributed by atoms with Crippen LogP contribution in [0.4, 0.5) is 10.1 Å². The van der Waals surface area contributed by atoms with Gasteiger partial charge in [0.2, 0.25) is 5.91 Å². The molecular formula is C23H22FN3O3. The van der Waals surface area contributed by atoms with Gasteiger partial charge in [-0.15, -0.1) is 0 Å². The fourth-order valence-corrected chi connectivity index (χ4v) is 3.76.